The van der Waals surface area contributed by atoms with E-state index in [1.54, 1.807) is 0 Å². The van der Waals surface area contributed by atoms with Crippen LogP contribution in [0.5, 0.6) is 0 Å². The van der Waals surface area contributed by atoms with Crippen LogP contribution in [-0.4, -0.2) is 56.5 Å². The van der Waals surface area contributed by atoms with E-state index >= 15 is 0 Å². The van der Waals surface area contributed by atoms with Crippen LogP contribution < -0.4 is 5.32 Å². The van der Waals surface area contributed by atoms with Crippen molar-refractivity contribution in [3.05, 3.63) is 0 Å². The maximum absolute atomic E-state index is 11.2. The zero-order chi connectivity index (χ0) is 13.4. The molecule has 2 aliphatic rings. The van der Waals surface area contributed by atoms with E-state index < -0.39 is 9.84 Å². The second kappa shape index (κ2) is 5.10. The molecule has 106 valence electrons. The highest BCUT2D eigenvalue weighted by Crippen LogP contribution is 2.37. The summed E-state index contributed by atoms with van der Waals surface area (Å²) >= 11 is 0. The minimum absolute atomic E-state index is 0.149. The molecule has 1 atom stereocenters. The Morgan fingerprint density at radius 2 is 2.00 bits per heavy atom. The average molecular weight is 274 g/mol. The first-order valence-corrected chi connectivity index (χ1v) is 9.00. The van der Waals surface area contributed by atoms with Gasteiger partial charge in [-0.05, 0) is 45.6 Å². The number of sulfone groups is 1. The van der Waals surface area contributed by atoms with Gasteiger partial charge in [0, 0.05) is 30.9 Å². The average Bonchev–Trinajstić information content (AvgIpc) is 2.98. The SMILES string of the molecule is CC1(C)CN(CCCS(C)(=O)=O)C(C2CC2)CN1. The Bertz CT molecular complexity index is 388. The van der Waals surface area contributed by atoms with Gasteiger partial charge >= 0.3 is 0 Å². The molecule has 1 unspecified atom stereocenters. The molecule has 0 aromatic heterocycles. The first-order chi connectivity index (χ1) is 8.27. The molecular weight excluding hydrogens is 248 g/mol. The van der Waals surface area contributed by atoms with Crippen molar-refractivity contribution in [1.82, 2.24) is 10.2 Å². The fourth-order valence-electron chi connectivity index (χ4n) is 2.91. The Kier molecular flexibility index (Phi) is 4.04. The van der Waals surface area contributed by atoms with Gasteiger partial charge in [0.25, 0.3) is 0 Å². The van der Waals surface area contributed by atoms with Crippen LogP contribution in [0.3, 0.4) is 0 Å². The van der Waals surface area contributed by atoms with Crippen LogP contribution in [0.25, 0.3) is 0 Å². The van der Waals surface area contributed by atoms with Crippen molar-refractivity contribution in [1.29, 1.82) is 0 Å². The molecule has 1 saturated heterocycles. The predicted molar refractivity (Wildman–Crippen MR) is 74.5 cm³/mol. The van der Waals surface area contributed by atoms with Gasteiger partial charge in [0.05, 0.1) is 5.75 Å². The molecule has 2 fully saturated rings. The summed E-state index contributed by atoms with van der Waals surface area (Å²) in [4.78, 5) is 2.51. The van der Waals surface area contributed by atoms with Crippen LogP contribution in [0.15, 0.2) is 0 Å². The maximum Gasteiger partial charge on any atom is 0.147 e. The van der Waals surface area contributed by atoms with Gasteiger partial charge in [0.15, 0.2) is 0 Å². The quantitative estimate of drug-likeness (QED) is 0.809. The summed E-state index contributed by atoms with van der Waals surface area (Å²) in [5.74, 6) is 1.15. The highest BCUT2D eigenvalue weighted by atomic mass is 32.2. The molecule has 5 heteroatoms. The molecule has 1 heterocycles. The topological polar surface area (TPSA) is 49.4 Å². The molecule has 1 N–H and O–H groups in total. The molecule has 0 aromatic rings. The first kappa shape index (κ1) is 14.3. The summed E-state index contributed by atoms with van der Waals surface area (Å²) < 4.78 is 22.4. The van der Waals surface area contributed by atoms with Gasteiger partial charge in [0.2, 0.25) is 0 Å². The summed E-state index contributed by atoms with van der Waals surface area (Å²) in [6, 6.07) is 0.623. The van der Waals surface area contributed by atoms with E-state index in [-0.39, 0.29) is 5.54 Å². The van der Waals surface area contributed by atoms with Crippen molar-refractivity contribution in [2.75, 3.05) is 31.6 Å². The molecule has 1 aliphatic carbocycles. The summed E-state index contributed by atoms with van der Waals surface area (Å²) in [6.45, 7) is 7.44. The Labute approximate surface area is 111 Å². The molecule has 2 rings (SSSR count). The number of hydrogen-bond donors (Lipinski definition) is 1. The molecular formula is C13H26N2O2S. The molecule has 0 bridgehead atoms. The monoisotopic (exact) mass is 274 g/mol. The van der Waals surface area contributed by atoms with Crippen molar-refractivity contribution in [2.24, 2.45) is 5.92 Å². The smallest absolute Gasteiger partial charge is 0.147 e. The zero-order valence-electron chi connectivity index (χ0n) is 11.8. The van der Waals surface area contributed by atoms with E-state index in [1.807, 2.05) is 0 Å². The summed E-state index contributed by atoms with van der Waals surface area (Å²) in [5.41, 5.74) is 0.149. The molecule has 0 spiro atoms. The lowest BCUT2D eigenvalue weighted by molar-refractivity contribution is 0.0832. The van der Waals surface area contributed by atoms with Gasteiger partial charge in [0.1, 0.15) is 9.84 Å². The number of hydrogen-bond acceptors (Lipinski definition) is 4. The fourth-order valence-corrected chi connectivity index (χ4v) is 3.56. The van der Waals surface area contributed by atoms with Gasteiger partial charge in [-0.1, -0.05) is 0 Å². The lowest BCUT2D eigenvalue weighted by atomic mass is 9.96. The molecule has 0 radical (unpaired) electrons. The number of piperazine rings is 1. The standard InChI is InChI=1S/C13H26N2O2S/c1-13(2)10-15(7-4-8-18(3,16)17)12(9-14-13)11-5-6-11/h11-12,14H,4-10H2,1-3H3. The Morgan fingerprint density at radius 1 is 1.33 bits per heavy atom. The molecule has 18 heavy (non-hydrogen) atoms. The Hall–Kier alpha value is -0.130. The highest BCUT2D eigenvalue weighted by Gasteiger charge is 2.40. The van der Waals surface area contributed by atoms with Crippen molar-refractivity contribution >= 4 is 9.84 Å². The molecule has 0 aromatic carbocycles. The van der Waals surface area contributed by atoms with Crippen molar-refractivity contribution < 1.29 is 8.42 Å². The molecule has 1 aliphatic heterocycles. The lowest BCUT2D eigenvalue weighted by Crippen LogP contribution is -2.62. The number of nitrogens with one attached hydrogen (secondary N) is 1. The number of rotatable bonds is 5. The second-order valence-electron chi connectivity index (χ2n) is 6.62. The minimum Gasteiger partial charge on any atom is -0.309 e. The first-order valence-electron chi connectivity index (χ1n) is 6.94. The van der Waals surface area contributed by atoms with Crippen LogP contribution in [0, 0.1) is 5.92 Å². The maximum atomic E-state index is 11.2. The van der Waals surface area contributed by atoms with E-state index in [0.29, 0.717) is 11.8 Å². The van der Waals surface area contributed by atoms with Crippen LogP contribution in [0.4, 0.5) is 0 Å². The number of nitrogens with zero attached hydrogens (tertiary/aromatic N) is 1. The lowest BCUT2D eigenvalue weighted by Gasteiger charge is -2.45. The van der Waals surface area contributed by atoms with Crippen LogP contribution in [0.2, 0.25) is 0 Å². The second-order valence-corrected chi connectivity index (χ2v) is 8.88. The third-order valence-corrected chi connectivity index (χ3v) is 5.01. The van der Waals surface area contributed by atoms with Gasteiger partial charge in [-0.25, -0.2) is 8.42 Å². The third kappa shape index (κ3) is 4.21. The van der Waals surface area contributed by atoms with E-state index in [9.17, 15) is 8.42 Å². The molecule has 1 saturated carbocycles. The Balaban J connectivity index is 1.89. The summed E-state index contributed by atoms with van der Waals surface area (Å²) in [5, 5.41) is 3.61. The largest absolute Gasteiger partial charge is 0.309 e. The van der Waals surface area contributed by atoms with E-state index in [1.165, 1.54) is 19.1 Å². The van der Waals surface area contributed by atoms with Gasteiger partial charge < -0.3 is 5.32 Å². The van der Waals surface area contributed by atoms with E-state index in [4.69, 9.17) is 0 Å². The van der Waals surface area contributed by atoms with Crippen LogP contribution >= 0.6 is 0 Å². The third-order valence-electron chi connectivity index (χ3n) is 3.98. The highest BCUT2D eigenvalue weighted by molar-refractivity contribution is 7.90. The molecule has 4 nitrogen and oxygen atoms in total. The van der Waals surface area contributed by atoms with Gasteiger partial charge in [-0.3, -0.25) is 4.90 Å². The fraction of sp³-hybridized carbons (Fsp3) is 1.00. The van der Waals surface area contributed by atoms with Crippen LogP contribution in [0.1, 0.15) is 33.1 Å². The summed E-state index contributed by atoms with van der Waals surface area (Å²) in [7, 11) is -2.82. The van der Waals surface area contributed by atoms with Crippen molar-refractivity contribution in [2.45, 2.75) is 44.7 Å². The zero-order valence-corrected chi connectivity index (χ0v) is 12.6. The van der Waals surface area contributed by atoms with E-state index in [0.717, 1.165) is 32.0 Å². The normalized spacial score (nSPS) is 29.4. The minimum atomic E-state index is -2.82. The summed E-state index contributed by atoms with van der Waals surface area (Å²) in [6.07, 6.45) is 4.77. The Morgan fingerprint density at radius 3 is 2.56 bits per heavy atom. The van der Waals surface area contributed by atoms with Gasteiger partial charge in [-0.15, -0.1) is 0 Å². The van der Waals surface area contributed by atoms with E-state index in [2.05, 4.69) is 24.1 Å². The molecule has 0 amide bonds. The predicted octanol–water partition coefficient (Wildman–Crippen LogP) is 0.884. The van der Waals surface area contributed by atoms with Crippen LogP contribution in [-0.2, 0) is 9.84 Å². The van der Waals surface area contributed by atoms with Gasteiger partial charge in [-0.2, -0.15) is 0 Å². The van der Waals surface area contributed by atoms with Crippen molar-refractivity contribution in [3.63, 3.8) is 0 Å². The van der Waals surface area contributed by atoms with Crippen molar-refractivity contribution in [3.8, 4) is 0 Å².